The highest BCUT2D eigenvalue weighted by Crippen LogP contribution is 2.31. The Labute approximate surface area is 186 Å². The van der Waals surface area contributed by atoms with Crippen LogP contribution in [0.3, 0.4) is 0 Å². The van der Waals surface area contributed by atoms with Crippen molar-refractivity contribution in [2.24, 2.45) is 0 Å². The number of carbonyl (C=O) groups is 1. The van der Waals surface area contributed by atoms with Crippen molar-refractivity contribution in [3.63, 3.8) is 0 Å². The van der Waals surface area contributed by atoms with Crippen LogP contribution in [-0.2, 0) is 11.2 Å². The molecular weight excluding hydrogens is 398 g/mol. The number of rotatable bonds is 6. The molecular formula is C27H23N3O2. The predicted molar refractivity (Wildman–Crippen MR) is 127 cm³/mol. The summed E-state index contributed by atoms with van der Waals surface area (Å²) in [6.07, 6.45) is 3.54. The summed E-state index contributed by atoms with van der Waals surface area (Å²) in [4.78, 5) is 25.2. The maximum atomic E-state index is 12.6. The van der Waals surface area contributed by atoms with E-state index in [-0.39, 0.29) is 5.97 Å². The minimum absolute atomic E-state index is 0.250. The Bertz CT molecular complexity index is 1410. The van der Waals surface area contributed by atoms with Crippen molar-refractivity contribution in [1.29, 1.82) is 0 Å². The number of benzene rings is 2. The molecule has 2 aromatic carbocycles. The number of para-hydroxylation sites is 2. The van der Waals surface area contributed by atoms with Gasteiger partial charge in [0.25, 0.3) is 0 Å². The maximum absolute atomic E-state index is 12.6. The first-order valence-electron chi connectivity index (χ1n) is 10.8. The number of nitrogens with zero attached hydrogens (tertiary/aromatic N) is 2. The second-order valence-corrected chi connectivity index (χ2v) is 7.85. The van der Waals surface area contributed by atoms with Crippen LogP contribution in [0.5, 0.6) is 5.75 Å². The first-order chi connectivity index (χ1) is 15.7. The molecule has 0 saturated carbocycles. The number of pyridine rings is 2. The lowest BCUT2D eigenvalue weighted by Crippen LogP contribution is -2.09. The molecule has 1 N–H and O–H groups in total. The molecule has 3 aromatic heterocycles. The number of H-pyrrole nitrogens is 1. The van der Waals surface area contributed by atoms with Crippen molar-refractivity contribution in [2.75, 3.05) is 0 Å². The number of fused-ring (bicyclic) bond motifs is 2. The van der Waals surface area contributed by atoms with E-state index in [2.05, 4.69) is 27.1 Å². The zero-order chi connectivity index (χ0) is 21.9. The molecule has 5 heteroatoms. The Morgan fingerprint density at radius 3 is 2.72 bits per heavy atom. The summed E-state index contributed by atoms with van der Waals surface area (Å²) in [6.45, 7) is 1.93. The molecule has 5 nitrogen and oxygen atoms in total. The van der Waals surface area contributed by atoms with Crippen LogP contribution in [-0.4, -0.2) is 20.9 Å². The zero-order valence-electron chi connectivity index (χ0n) is 17.8. The Kier molecular flexibility index (Phi) is 5.38. The second-order valence-electron chi connectivity index (χ2n) is 7.85. The fourth-order valence-corrected chi connectivity index (χ4v) is 4.07. The molecule has 0 saturated heterocycles. The Hall–Kier alpha value is -3.99. The lowest BCUT2D eigenvalue weighted by atomic mass is 10.0. The molecule has 0 atom stereocenters. The SMILES string of the molecule is Cc1ccc2cccc(OC(=O)CCCc3c(-c4ccccn4)[nH]c4ccccc34)c2n1. The smallest absolute Gasteiger partial charge is 0.311 e. The van der Waals surface area contributed by atoms with Crippen LogP contribution in [0, 0.1) is 6.92 Å². The van der Waals surface area contributed by atoms with E-state index in [1.807, 2.05) is 61.5 Å². The molecule has 0 unspecified atom stereocenters. The Morgan fingerprint density at radius 2 is 1.84 bits per heavy atom. The van der Waals surface area contributed by atoms with Gasteiger partial charge in [0.05, 0.1) is 11.4 Å². The van der Waals surface area contributed by atoms with Crippen LogP contribution in [0.4, 0.5) is 0 Å². The summed E-state index contributed by atoms with van der Waals surface area (Å²) >= 11 is 0. The van der Waals surface area contributed by atoms with Crippen molar-refractivity contribution in [1.82, 2.24) is 15.0 Å². The van der Waals surface area contributed by atoms with E-state index in [1.165, 1.54) is 5.56 Å². The summed E-state index contributed by atoms with van der Waals surface area (Å²) in [6, 6.07) is 23.7. The van der Waals surface area contributed by atoms with Gasteiger partial charge >= 0.3 is 5.97 Å². The summed E-state index contributed by atoms with van der Waals surface area (Å²) in [5.74, 6) is 0.262. The number of ether oxygens (including phenoxy) is 1. The lowest BCUT2D eigenvalue weighted by Gasteiger charge is -2.08. The van der Waals surface area contributed by atoms with Gasteiger partial charge in [-0.2, -0.15) is 0 Å². The maximum Gasteiger partial charge on any atom is 0.311 e. The lowest BCUT2D eigenvalue weighted by molar-refractivity contribution is -0.134. The van der Waals surface area contributed by atoms with Gasteiger partial charge in [0.2, 0.25) is 0 Å². The quantitative estimate of drug-likeness (QED) is 0.269. The predicted octanol–water partition coefficient (Wildman–Crippen LogP) is 6.01. The summed E-state index contributed by atoms with van der Waals surface area (Å²) in [5, 5.41) is 2.12. The topological polar surface area (TPSA) is 67.9 Å². The number of carbonyl (C=O) groups excluding carboxylic acids is 1. The van der Waals surface area contributed by atoms with Crippen LogP contribution < -0.4 is 4.74 Å². The minimum Gasteiger partial charge on any atom is -0.424 e. The van der Waals surface area contributed by atoms with Crippen LogP contribution in [0.25, 0.3) is 33.2 Å². The molecule has 5 aromatic rings. The summed E-state index contributed by atoms with van der Waals surface area (Å²) in [7, 11) is 0. The average molecular weight is 422 g/mol. The van der Waals surface area contributed by atoms with E-state index >= 15 is 0 Å². The van der Waals surface area contributed by atoms with Gasteiger partial charge in [-0.15, -0.1) is 0 Å². The zero-order valence-corrected chi connectivity index (χ0v) is 17.8. The van der Waals surface area contributed by atoms with Crippen molar-refractivity contribution < 1.29 is 9.53 Å². The monoisotopic (exact) mass is 421 g/mol. The van der Waals surface area contributed by atoms with E-state index in [0.29, 0.717) is 18.6 Å². The molecule has 32 heavy (non-hydrogen) atoms. The van der Waals surface area contributed by atoms with Crippen molar-refractivity contribution >= 4 is 27.8 Å². The van der Waals surface area contributed by atoms with E-state index < -0.39 is 0 Å². The van der Waals surface area contributed by atoms with Crippen LogP contribution in [0.15, 0.2) is 79.0 Å². The highest BCUT2D eigenvalue weighted by molar-refractivity contribution is 5.90. The van der Waals surface area contributed by atoms with Crippen molar-refractivity contribution in [2.45, 2.75) is 26.2 Å². The molecule has 0 aliphatic rings. The normalized spacial score (nSPS) is 11.2. The van der Waals surface area contributed by atoms with Crippen molar-refractivity contribution in [3.05, 3.63) is 90.3 Å². The molecule has 5 rings (SSSR count). The number of aromatic nitrogens is 3. The van der Waals surface area contributed by atoms with Crippen LogP contribution >= 0.6 is 0 Å². The molecule has 0 amide bonds. The van der Waals surface area contributed by atoms with Gasteiger partial charge in [-0.25, -0.2) is 4.98 Å². The van der Waals surface area contributed by atoms with Crippen LogP contribution in [0.2, 0.25) is 0 Å². The van der Waals surface area contributed by atoms with Gasteiger partial charge in [0, 0.05) is 34.6 Å². The molecule has 0 aliphatic heterocycles. The highest BCUT2D eigenvalue weighted by atomic mass is 16.5. The highest BCUT2D eigenvalue weighted by Gasteiger charge is 2.15. The fourth-order valence-electron chi connectivity index (χ4n) is 4.07. The molecule has 0 spiro atoms. The second kappa shape index (κ2) is 8.63. The average Bonchev–Trinajstić information content (AvgIpc) is 3.19. The number of esters is 1. The largest absolute Gasteiger partial charge is 0.424 e. The summed E-state index contributed by atoms with van der Waals surface area (Å²) < 4.78 is 5.68. The summed E-state index contributed by atoms with van der Waals surface area (Å²) in [5.41, 5.74) is 5.77. The van der Waals surface area contributed by atoms with Gasteiger partial charge in [-0.3, -0.25) is 9.78 Å². The van der Waals surface area contributed by atoms with E-state index in [1.54, 1.807) is 12.3 Å². The fraction of sp³-hybridized carbons (Fsp3) is 0.148. The van der Waals surface area contributed by atoms with Gasteiger partial charge in [0.15, 0.2) is 5.75 Å². The molecule has 3 heterocycles. The molecule has 0 radical (unpaired) electrons. The van der Waals surface area contributed by atoms with Gasteiger partial charge in [-0.1, -0.05) is 42.5 Å². The molecule has 0 aliphatic carbocycles. The van der Waals surface area contributed by atoms with Crippen molar-refractivity contribution in [3.8, 4) is 17.1 Å². The third kappa shape index (κ3) is 3.97. The van der Waals surface area contributed by atoms with Crippen LogP contribution in [0.1, 0.15) is 24.1 Å². The number of hydrogen-bond donors (Lipinski definition) is 1. The first kappa shape index (κ1) is 19.9. The van der Waals surface area contributed by atoms with Gasteiger partial charge < -0.3 is 9.72 Å². The van der Waals surface area contributed by atoms with Gasteiger partial charge in [-0.05, 0) is 55.7 Å². The third-order valence-electron chi connectivity index (χ3n) is 5.59. The third-order valence-corrected chi connectivity index (χ3v) is 5.59. The molecule has 0 bridgehead atoms. The molecule has 0 fully saturated rings. The Morgan fingerprint density at radius 1 is 0.969 bits per heavy atom. The number of nitrogens with one attached hydrogen (secondary N) is 1. The number of aromatic amines is 1. The van der Waals surface area contributed by atoms with E-state index in [9.17, 15) is 4.79 Å². The van der Waals surface area contributed by atoms with E-state index in [0.717, 1.165) is 45.3 Å². The van der Waals surface area contributed by atoms with E-state index in [4.69, 9.17) is 4.74 Å². The first-order valence-corrected chi connectivity index (χ1v) is 10.8. The molecule has 158 valence electrons. The number of hydrogen-bond acceptors (Lipinski definition) is 4. The minimum atomic E-state index is -0.250. The standard InChI is InChI=1S/C27H23N3O2/c1-18-15-16-19-8-6-13-24(26(19)29-18)32-25(31)14-7-10-21-20-9-2-3-11-22(20)30-27(21)23-12-4-5-17-28-23/h2-6,8-9,11-13,15-17,30H,7,10,14H2,1H3. The Balaban J connectivity index is 1.33. The van der Waals surface area contributed by atoms with Gasteiger partial charge in [0.1, 0.15) is 5.52 Å². The number of aryl methyl sites for hydroxylation is 2.